The summed E-state index contributed by atoms with van der Waals surface area (Å²) in [6.45, 7) is 7.81. The molecule has 1 aromatic heterocycles. The van der Waals surface area contributed by atoms with E-state index in [4.69, 9.17) is 14.0 Å². The van der Waals surface area contributed by atoms with E-state index in [0.717, 1.165) is 25.4 Å². The summed E-state index contributed by atoms with van der Waals surface area (Å²) >= 11 is 0. The fourth-order valence-electron chi connectivity index (χ4n) is 3.18. The molecule has 0 bridgehead atoms. The highest BCUT2D eigenvalue weighted by molar-refractivity contribution is 5.36. The second-order valence-electron chi connectivity index (χ2n) is 6.08. The van der Waals surface area contributed by atoms with E-state index >= 15 is 0 Å². The molecule has 0 radical (unpaired) electrons. The van der Waals surface area contributed by atoms with Crippen molar-refractivity contribution in [3.05, 3.63) is 41.5 Å². The lowest BCUT2D eigenvalue weighted by Crippen LogP contribution is -2.45. The van der Waals surface area contributed by atoms with E-state index in [1.165, 1.54) is 5.56 Å². The first-order valence-corrected chi connectivity index (χ1v) is 8.74. The van der Waals surface area contributed by atoms with Crippen molar-refractivity contribution in [2.45, 2.75) is 32.5 Å². The van der Waals surface area contributed by atoms with E-state index in [2.05, 4.69) is 26.4 Å². The lowest BCUT2D eigenvalue weighted by molar-refractivity contribution is 0.0683. The molecule has 0 aliphatic carbocycles. The molecule has 2 aromatic rings. The zero-order valence-corrected chi connectivity index (χ0v) is 15.1. The highest BCUT2D eigenvalue weighted by Crippen LogP contribution is 2.31. The largest absolute Gasteiger partial charge is 0.496 e. The van der Waals surface area contributed by atoms with Gasteiger partial charge in [0, 0.05) is 31.8 Å². The molecule has 1 aliphatic rings. The van der Waals surface area contributed by atoms with Crippen LogP contribution in [0.3, 0.4) is 0 Å². The highest BCUT2D eigenvalue weighted by Gasteiger charge is 2.28. The van der Waals surface area contributed by atoms with Crippen LogP contribution in [0.5, 0.6) is 5.75 Å². The van der Waals surface area contributed by atoms with Crippen LogP contribution < -0.4 is 10.1 Å². The SMILES string of the molecule is CCOC(C)c1noc(CN2CCNCC2c2ccccc2OC)n1. The summed E-state index contributed by atoms with van der Waals surface area (Å²) in [5, 5.41) is 7.51. The topological polar surface area (TPSA) is 72.7 Å². The quantitative estimate of drug-likeness (QED) is 0.825. The molecule has 2 heterocycles. The average Bonchev–Trinajstić information content (AvgIpc) is 3.11. The van der Waals surface area contributed by atoms with Crippen LogP contribution in [-0.2, 0) is 11.3 Å². The summed E-state index contributed by atoms with van der Waals surface area (Å²) in [6.07, 6.45) is -0.157. The van der Waals surface area contributed by atoms with Crippen molar-refractivity contribution >= 4 is 0 Å². The molecular weight excluding hydrogens is 320 g/mol. The Balaban J connectivity index is 1.76. The van der Waals surface area contributed by atoms with E-state index in [-0.39, 0.29) is 12.1 Å². The van der Waals surface area contributed by atoms with Crippen LogP contribution in [0.4, 0.5) is 0 Å². The van der Waals surface area contributed by atoms with Gasteiger partial charge in [0.2, 0.25) is 5.89 Å². The van der Waals surface area contributed by atoms with Gasteiger partial charge in [-0.3, -0.25) is 4.90 Å². The third kappa shape index (κ3) is 4.18. The minimum atomic E-state index is -0.157. The van der Waals surface area contributed by atoms with Gasteiger partial charge in [0.15, 0.2) is 5.82 Å². The van der Waals surface area contributed by atoms with Gasteiger partial charge in [-0.05, 0) is 19.9 Å². The molecular formula is C18H26N4O3. The van der Waals surface area contributed by atoms with Gasteiger partial charge in [-0.2, -0.15) is 4.98 Å². The highest BCUT2D eigenvalue weighted by atomic mass is 16.5. The van der Waals surface area contributed by atoms with Crippen LogP contribution in [0.1, 0.15) is 43.3 Å². The first kappa shape index (κ1) is 17.8. The average molecular weight is 346 g/mol. The number of hydrogen-bond donors (Lipinski definition) is 1. The van der Waals surface area contributed by atoms with Crippen molar-refractivity contribution in [3.63, 3.8) is 0 Å². The smallest absolute Gasteiger partial charge is 0.240 e. The molecule has 7 nitrogen and oxygen atoms in total. The first-order valence-electron chi connectivity index (χ1n) is 8.74. The Morgan fingerprint density at radius 1 is 1.40 bits per heavy atom. The summed E-state index contributed by atoms with van der Waals surface area (Å²) in [7, 11) is 1.71. The van der Waals surface area contributed by atoms with Crippen molar-refractivity contribution < 1.29 is 14.0 Å². The second-order valence-corrected chi connectivity index (χ2v) is 6.08. The molecule has 7 heteroatoms. The minimum Gasteiger partial charge on any atom is -0.496 e. The van der Waals surface area contributed by atoms with Crippen molar-refractivity contribution in [1.29, 1.82) is 0 Å². The molecule has 0 spiro atoms. The number of aromatic nitrogens is 2. The molecule has 1 saturated heterocycles. The Labute approximate surface area is 148 Å². The standard InChI is InChI=1S/C18H26N4O3/c1-4-24-13(2)18-20-17(25-21-18)12-22-10-9-19-11-15(22)14-7-5-6-8-16(14)23-3/h5-8,13,15,19H,4,9-12H2,1-3H3. The second kappa shape index (κ2) is 8.42. The molecule has 1 fully saturated rings. The van der Waals surface area contributed by atoms with Crippen LogP contribution in [0.2, 0.25) is 0 Å². The van der Waals surface area contributed by atoms with E-state index in [1.807, 2.05) is 32.0 Å². The van der Waals surface area contributed by atoms with Crippen LogP contribution >= 0.6 is 0 Å². The summed E-state index contributed by atoms with van der Waals surface area (Å²) in [4.78, 5) is 6.84. The Morgan fingerprint density at radius 2 is 2.24 bits per heavy atom. The Morgan fingerprint density at radius 3 is 3.04 bits per heavy atom. The summed E-state index contributed by atoms with van der Waals surface area (Å²) < 4.78 is 16.5. The fraction of sp³-hybridized carbons (Fsp3) is 0.556. The van der Waals surface area contributed by atoms with E-state index < -0.39 is 0 Å². The maximum atomic E-state index is 5.54. The number of methoxy groups -OCH3 is 1. The Hall–Kier alpha value is -1.96. The summed E-state index contributed by atoms with van der Waals surface area (Å²) in [5.74, 6) is 2.11. The van der Waals surface area contributed by atoms with Gasteiger partial charge in [-0.25, -0.2) is 0 Å². The molecule has 1 aliphatic heterocycles. The third-order valence-corrected chi connectivity index (χ3v) is 4.45. The molecule has 0 saturated carbocycles. The zero-order chi connectivity index (χ0) is 17.6. The van der Waals surface area contributed by atoms with Crippen molar-refractivity contribution in [2.24, 2.45) is 0 Å². The van der Waals surface area contributed by atoms with E-state index in [0.29, 0.717) is 24.9 Å². The van der Waals surface area contributed by atoms with Crippen LogP contribution in [0.15, 0.2) is 28.8 Å². The number of nitrogens with one attached hydrogen (secondary N) is 1. The monoisotopic (exact) mass is 346 g/mol. The summed E-state index contributed by atoms with van der Waals surface area (Å²) in [6, 6.07) is 8.34. The van der Waals surface area contributed by atoms with Crippen LogP contribution in [0, 0.1) is 0 Å². The Bertz CT molecular complexity index is 676. The number of hydrogen-bond acceptors (Lipinski definition) is 7. The molecule has 0 amide bonds. The van der Waals surface area contributed by atoms with Crippen molar-refractivity contribution in [3.8, 4) is 5.75 Å². The van der Waals surface area contributed by atoms with Crippen molar-refractivity contribution in [2.75, 3.05) is 33.4 Å². The maximum Gasteiger partial charge on any atom is 0.240 e. The number of para-hydroxylation sites is 1. The molecule has 2 atom stereocenters. The molecule has 3 rings (SSSR count). The van der Waals surface area contributed by atoms with Gasteiger partial charge >= 0.3 is 0 Å². The maximum absolute atomic E-state index is 5.54. The minimum absolute atomic E-state index is 0.157. The molecule has 2 unspecified atom stereocenters. The normalized spacial score (nSPS) is 19.7. The van der Waals surface area contributed by atoms with Gasteiger partial charge in [-0.1, -0.05) is 23.4 Å². The van der Waals surface area contributed by atoms with Crippen LogP contribution in [-0.4, -0.2) is 48.4 Å². The number of piperazine rings is 1. The van der Waals surface area contributed by atoms with E-state index in [1.54, 1.807) is 7.11 Å². The third-order valence-electron chi connectivity index (χ3n) is 4.45. The molecule has 1 N–H and O–H groups in total. The fourth-order valence-corrected chi connectivity index (χ4v) is 3.18. The summed E-state index contributed by atoms with van der Waals surface area (Å²) in [5.41, 5.74) is 1.17. The number of benzene rings is 1. The zero-order valence-electron chi connectivity index (χ0n) is 15.1. The van der Waals surface area contributed by atoms with Gasteiger partial charge in [0.05, 0.1) is 19.7 Å². The van der Waals surface area contributed by atoms with Gasteiger partial charge in [0.1, 0.15) is 11.9 Å². The van der Waals surface area contributed by atoms with Gasteiger partial charge < -0.3 is 19.3 Å². The molecule has 1 aromatic carbocycles. The lowest BCUT2D eigenvalue weighted by atomic mass is 10.0. The predicted molar refractivity (Wildman–Crippen MR) is 93.4 cm³/mol. The lowest BCUT2D eigenvalue weighted by Gasteiger charge is -2.36. The Kier molecular flexibility index (Phi) is 6.01. The van der Waals surface area contributed by atoms with Gasteiger partial charge in [0.25, 0.3) is 0 Å². The number of rotatable bonds is 7. The number of nitrogens with zero attached hydrogens (tertiary/aromatic N) is 3. The van der Waals surface area contributed by atoms with Crippen molar-refractivity contribution in [1.82, 2.24) is 20.4 Å². The molecule has 136 valence electrons. The van der Waals surface area contributed by atoms with Gasteiger partial charge in [-0.15, -0.1) is 0 Å². The first-order chi connectivity index (χ1) is 12.2. The predicted octanol–water partition coefficient (Wildman–Crippen LogP) is 2.32. The van der Waals surface area contributed by atoms with Crippen LogP contribution in [0.25, 0.3) is 0 Å². The number of ether oxygens (including phenoxy) is 2. The van der Waals surface area contributed by atoms with E-state index in [9.17, 15) is 0 Å². The molecule has 25 heavy (non-hydrogen) atoms.